The fourth-order valence-corrected chi connectivity index (χ4v) is 2.25. The smallest absolute Gasteiger partial charge is 0.270 e. The molecule has 0 atom stereocenters. The van der Waals surface area contributed by atoms with E-state index in [1.165, 1.54) is 17.0 Å². The van der Waals surface area contributed by atoms with E-state index in [1.54, 1.807) is 13.0 Å². The van der Waals surface area contributed by atoms with Crippen molar-refractivity contribution < 1.29 is 14.8 Å². The van der Waals surface area contributed by atoms with E-state index in [0.717, 1.165) is 0 Å². The van der Waals surface area contributed by atoms with E-state index in [9.17, 15) is 20.0 Å². The van der Waals surface area contributed by atoms with E-state index in [4.69, 9.17) is 0 Å². The monoisotopic (exact) mass is 278 g/mol. The van der Waals surface area contributed by atoms with Crippen LogP contribution in [0.2, 0.25) is 0 Å². The van der Waals surface area contributed by atoms with Crippen LogP contribution in [0.1, 0.15) is 29.8 Å². The Kier molecular flexibility index (Phi) is 3.52. The van der Waals surface area contributed by atoms with E-state index in [2.05, 4.69) is 0 Å². The number of aliphatic hydroxyl groups is 1. The van der Waals surface area contributed by atoms with Crippen molar-refractivity contribution >= 4 is 11.6 Å². The summed E-state index contributed by atoms with van der Waals surface area (Å²) in [6.45, 7) is 6.09. The molecule has 0 unspecified atom stereocenters. The van der Waals surface area contributed by atoms with Gasteiger partial charge in [0.25, 0.3) is 11.6 Å². The zero-order valence-corrected chi connectivity index (χ0v) is 11.8. The normalized spacial score (nSPS) is 16.9. The summed E-state index contributed by atoms with van der Waals surface area (Å²) in [7, 11) is 0. The zero-order valence-electron chi connectivity index (χ0n) is 11.8. The van der Waals surface area contributed by atoms with Gasteiger partial charge in [-0.2, -0.15) is 0 Å². The maximum atomic E-state index is 12.3. The van der Waals surface area contributed by atoms with Crippen LogP contribution in [0, 0.1) is 23.0 Å². The molecule has 0 aliphatic carbocycles. The first kappa shape index (κ1) is 14.5. The van der Waals surface area contributed by atoms with Gasteiger partial charge in [-0.15, -0.1) is 0 Å². The highest BCUT2D eigenvalue weighted by Gasteiger charge is 2.46. The van der Waals surface area contributed by atoms with Crippen LogP contribution in [0.15, 0.2) is 18.2 Å². The fraction of sp³-hybridized carbons (Fsp3) is 0.500. The molecule has 1 saturated heterocycles. The lowest BCUT2D eigenvalue weighted by Crippen LogP contribution is -2.66. The van der Waals surface area contributed by atoms with Gasteiger partial charge in [0.2, 0.25) is 0 Å². The fourth-order valence-electron chi connectivity index (χ4n) is 2.25. The number of carbonyl (C=O) groups excluding carboxylic acids is 1. The first-order valence-corrected chi connectivity index (χ1v) is 6.51. The van der Waals surface area contributed by atoms with Gasteiger partial charge in [0, 0.05) is 17.7 Å². The summed E-state index contributed by atoms with van der Waals surface area (Å²) >= 11 is 0. The summed E-state index contributed by atoms with van der Waals surface area (Å²) in [5.74, 6) is -0.200. The van der Waals surface area contributed by atoms with Crippen LogP contribution in [0.4, 0.5) is 5.69 Å². The summed E-state index contributed by atoms with van der Waals surface area (Å²) in [6.07, 6.45) is 0. The highest BCUT2D eigenvalue weighted by atomic mass is 16.6. The largest absolute Gasteiger partial charge is 0.386 e. The molecule has 6 heteroatoms. The summed E-state index contributed by atoms with van der Waals surface area (Å²) in [5, 5.41) is 20.9. The SMILES string of the molecule is Cc1ccc([N+](=O)[O-])cc1C(=O)N1CC(O)(C(C)C)C1. The van der Waals surface area contributed by atoms with Crippen molar-refractivity contribution in [1.29, 1.82) is 0 Å². The number of rotatable bonds is 3. The van der Waals surface area contributed by atoms with Crippen molar-refractivity contribution in [3.05, 3.63) is 39.4 Å². The Hall–Kier alpha value is -1.95. The first-order valence-electron chi connectivity index (χ1n) is 6.51. The van der Waals surface area contributed by atoms with Crippen molar-refractivity contribution in [2.24, 2.45) is 5.92 Å². The molecule has 0 spiro atoms. The summed E-state index contributed by atoms with van der Waals surface area (Å²) < 4.78 is 0. The van der Waals surface area contributed by atoms with Gasteiger partial charge in [0.05, 0.1) is 18.0 Å². The van der Waals surface area contributed by atoms with Gasteiger partial charge in [-0.25, -0.2) is 0 Å². The van der Waals surface area contributed by atoms with Crippen molar-refractivity contribution in [3.8, 4) is 0 Å². The Bertz CT molecular complexity index is 562. The van der Waals surface area contributed by atoms with Crippen molar-refractivity contribution in [2.45, 2.75) is 26.4 Å². The maximum absolute atomic E-state index is 12.3. The molecule has 0 bridgehead atoms. The van der Waals surface area contributed by atoms with E-state index in [1.807, 2.05) is 13.8 Å². The molecule has 0 aromatic heterocycles. The third kappa shape index (κ3) is 2.38. The number of carbonyl (C=O) groups is 1. The molecule has 1 aliphatic rings. The van der Waals surface area contributed by atoms with Crippen LogP contribution in [-0.2, 0) is 0 Å². The van der Waals surface area contributed by atoms with E-state index in [0.29, 0.717) is 11.1 Å². The molecule has 1 aromatic carbocycles. The third-order valence-electron chi connectivity index (χ3n) is 3.95. The Morgan fingerprint density at radius 2 is 2.05 bits per heavy atom. The minimum Gasteiger partial charge on any atom is -0.386 e. The van der Waals surface area contributed by atoms with Gasteiger partial charge in [0.15, 0.2) is 0 Å². The number of hydrogen-bond acceptors (Lipinski definition) is 4. The number of non-ortho nitro benzene ring substituents is 1. The molecule has 20 heavy (non-hydrogen) atoms. The van der Waals surface area contributed by atoms with Gasteiger partial charge in [-0.05, 0) is 18.4 Å². The zero-order chi connectivity index (χ0) is 15.1. The lowest BCUT2D eigenvalue weighted by atomic mass is 9.82. The van der Waals surface area contributed by atoms with Crippen LogP contribution < -0.4 is 0 Å². The molecule has 6 nitrogen and oxygen atoms in total. The van der Waals surface area contributed by atoms with Gasteiger partial charge >= 0.3 is 0 Å². The topological polar surface area (TPSA) is 83.7 Å². The van der Waals surface area contributed by atoms with Crippen molar-refractivity contribution in [1.82, 2.24) is 4.90 Å². The molecule has 1 heterocycles. The second kappa shape index (κ2) is 4.86. The number of benzene rings is 1. The molecule has 1 aliphatic heterocycles. The number of aryl methyl sites for hydroxylation is 1. The molecule has 108 valence electrons. The number of hydrogen-bond donors (Lipinski definition) is 1. The molecule has 1 fully saturated rings. The minimum atomic E-state index is -0.843. The van der Waals surface area contributed by atoms with E-state index in [-0.39, 0.29) is 30.6 Å². The van der Waals surface area contributed by atoms with Gasteiger partial charge in [-0.3, -0.25) is 14.9 Å². The molecular formula is C14H18N2O4. The first-order chi connectivity index (χ1) is 9.24. The molecule has 1 aromatic rings. The highest BCUT2D eigenvalue weighted by molar-refractivity contribution is 5.97. The second-order valence-electron chi connectivity index (χ2n) is 5.68. The van der Waals surface area contributed by atoms with Gasteiger partial charge < -0.3 is 10.0 Å². The van der Waals surface area contributed by atoms with Crippen LogP contribution >= 0.6 is 0 Å². The number of likely N-dealkylation sites (tertiary alicyclic amines) is 1. The van der Waals surface area contributed by atoms with Crippen molar-refractivity contribution in [3.63, 3.8) is 0 Å². The predicted molar refractivity (Wildman–Crippen MR) is 73.5 cm³/mol. The Labute approximate surface area is 117 Å². The summed E-state index contributed by atoms with van der Waals surface area (Å²) in [5.41, 5.74) is 0.0776. The number of nitro groups is 1. The van der Waals surface area contributed by atoms with Crippen molar-refractivity contribution in [2.75, 3.05) is 13.1 Å². The number of amides is 1. The minimum absolute atomic E-state index is 0.0674. The number of nitrogens with zero attached hydrogens (tertiary/aromatic N) is 2. The maximum Gasteiger partial charge on any atom is 0.270 e. The average Bonchev–Trinajstić information content (AvgIpc) is 2.34. The van der Waals surface area contributed by atoms with E-state index < -0.39 is 10.5 Å². The van der Waals surface area contributed by atoms with Crippen LogP contribution in [0.25, 0.3) is 0 Å². The standard InChI is InChI=1S/C14H18N2O4/c1-9(2)14(18)7-15(8-14)13(17)12-6-11(16(19)20)5-4-10(12)3/h4-6,9,18H,7-8H2,1-3H3. The Morgan fingerprint density at radius 1 is 1.45 bits per heavy atom. The molecular weight excluding hydrogens is 260 g/mol. The predicted octanol–water partition coefficient (Wildman–Crippen LogP) is 1.75. The molecule has 0 saturated carbocycles. The summed E-state index contributed by atoms with van der Waals surface area (Å²) in [4.78, 5) is 24.1. The highest BCUT2D eigenvalue weighted by Crippen LogP contribution is 2.30. The van der Waals surface area contributed by atoms with Crippen LogP contribution in [-0.4, -0.2) is 39.5 Å². The van der Waals surface area contributed by atoms with Gasteiger partial charge in [-0.1, -0.05) is 19.9 Å². The lowest BCUT2D eigenvalue weighted by molar-refractivity contribution is -0.384. The molecule has 0 radical (unpaired) electrons. The quantitative estimate of drug-likeness (QED) is 0.674. The number of β-amino-alcohol motifs (C(OH)–C–C–N with tert-alkyl or cyclic N) is 1. The molecule has 2 rings (SSSR count). The number of nitro benzene ring substituents is 1. The molecule has 1 amide bonds. The van der Waals surface area contributed by atoms with Crippen LogP contribution in [0.3, 0.4) is 0 Å². The Morgan fingerprint density at radius 3 is 2.55 bits per heavy atom. The van der Waals surface area contributed by atoms with E-state index >= 15 is 0 Å². The second-order valence-corrected chi connectivity index (χ2v) is 5.68. The lowest BCUT2D eigenvalue weighted by Gasteiger charge is -2.49. The average molecular weight is 278 g/mol. The Balaban J connectivity index is 2.19. The molecule has 1 N–H and O–H groups in total. The third-order valence-corrected chi connectivity index (χ3v) is 3.95. The van der Waals surface area contributed by atoms with Gasteiger partial charge in [0.1, 0.15) is 5.60 Å². The summed E-state index contributed by atoms with van der Waals surface area (Å²) in [6, 6.07) is 4.25. The van der Waals surface area contributed by atoms with Crippen LogP contribution in [0.5, 0.6) is 0 Å².